The monoisotopic (exact) mass is 268 g/mol. The van der Waals surface area contributed by atoms with Crippen molar-refractivity contribution in [3.63, 3.8) is 0 Å². The summed E-state index contributed by atoms with van der Waals surface area (Å²) in [6.45, 7) is 0. The second-order valence-corrected chi connectivity index (χ2v) is 5.47. The molecule has 0 heterocycles. The molecule has 1 atom stereocenters. The van der Waals surface area contributed by atoms with Gasteiger partial charge in [-0.3, -0.25) is 0 Å². The molecule has 2 aromatic carbocycles. The lowest BCUT2D eigenvalue weighted by Crippen LogP contribution is -2.09. The number of hydrogen-bond donors (Lipinski definition) is 1. The summed E-state index contributed by atoms with van der Waals surface area (Å²) >= 11 is 0. The van der Waals surface area contributed by atoms with Crippen molar-refractivity contribution < 1.29 is 9.84 Å². The molecule has 0 spiro atoms. The third kappa shape index (κ3) is 2.56. The van der Waals surface area contributed by atoms with Crippen LogP contribution in [0.25, 0.3) is 0 Å². The third-order valence-electron chi connectivity index (χ3n) is 4.23. The number of ether oxygens (including phenoxy) is 1. The lowest BCUT2D eigenvalue weighted by Gasteiger charge is -2.26. The van der Waals surface area contributed by atoms with E-state index in [1.165, 1.54) is 24.8 Å². The molecule has 20 heavy (non-hydrogen) atoms. The van der Waals surface area contributed by atoms with Crippen LogP contribution in [0.3, 0.4) is 0 Å². The fourth-order valence-electron chi connectivity index (χ4n) is 2.70. The van der Waals surface area contributed by atoms with E-state index in [-0.39, 0.29) is 0 Å². The molecule has 0 radical (unpaired) electrons. The molecule has 2 aromatic rings. The minimum absolute atomic E-state index is 0.569. The van der Waals surface area contributed by atoms with E-state index in [1.54, 1.807) is 7.11 Å². The van der Waals surface area contributed by atoms with Gasteiger partial charge in [0.1, 0.15) is 11.9 Å². The van der Waals surface area contributed by atoms with Crippen molar-refractivity contribution in [1.29, 1.82) is 0 Å². The van der Waals surface area contributed by atoms with Gasteiger partial charge in [-0.05, 0) is 47.6 Å². The Morgan fingerprint density at radius 1 is 1.05 bits per heavy atom. The summed E-state index contributed by atoms with van der Waals surface area (Å²) in [5.74, 6) is 1.50. The Bertz CT molecular complexity index is 570. The summed E-state index contributed by atoms with van der Waals surface area (Å²) in [6, 6.07) is 16.0. The summed E-state index contributed by atoms with van der Waals surface area (Å²) in [4.78, 5) is 0. The van der Waals surface area contributed by atoms with E-state index in [2.05, 4.69) is 18.2 Å². The van der Waals surface area contributed by atoms with Crippen molar-refractivity contribution in [3.8, 4) is 5.75 Å². The zero-order chi connectivity index (χ0) is 13.9. The first-order valence-corrected chi connectivity index (χ1v) is 7.20. The summed E-state index contributed by atoms with van der Waals surface area (Å²) < 4.78 is 5.15. The number of hydrogen-bond acceptors (Lipinski definition) is 2. The molecule has 0 bridgehead atoms. The second kappa shape index (κ2) is 5.68. The molecule has 1 fully saturated rings. The molecule has 1 aliphatic rings. The van der Waals surface area contributed by atoms with Crippen LogP contribution in [0.4, 0.5) is 0 Å². The van der Waals surface area contributed by atoms with E-state index in [1.807, 2.05) is 30.3 Å². The van der Waals surface area contributed by atoms with Gasteiger partial charge in [-0.25, -0.2) is 0 Å². The molecule has 2 nitrogen and oxygen atoms in total. The van der Waals surface area contributed by atoms with Crippen LogP contribution < -0.4 is 4.74 Å². The quantitative estimate of drug-likeness (QED) is 0.906. The molecule has 0 saturated heterocycles. The fraction of sp³-hybridized carbons (Fsp3) is 0.333. The molecule has 1 saturated carbocycles. The fourth-order valence-corrected chi connectivity index (χ4v) is 2.70. The van der Waals surface area contributed by atoms with Crippen LogP contribution in [-0.4, -0.2) is 12.2 Å². The van der Waals surface area contributed by atoms with Gasteiger partial charge < -0.3 is 9.84 Å². The lowest BCUT2D eigenvalue weighted by molar-refractivity contribution is 0.220. The van der Waals surface area contributed by atoms with Gasteiger partial charge in [-0.15, -0.1) is 0 Å². The Labute approximate surface area is 120 Å². The molecule has 3 rings (SSSR count). The molecular weight excluding hydrogens is 248 g/mol. The predicted molar refractivity (Wildman–Crippen MR) is 80.1 cm³/mol. The van der Waals surface area contributed by atoms with E-state index in [4.69, 9.17) is 4.74 Å². The molecule has 0 aromatic heterocycles. The van der Waals surface area contributed by atoms with Gasteiger partial charge in [0.15, 0.2) is 0 Å². The smallest absolute Gasteiger partial charge is 0.118 e. The maximum absolute atomic E-state index is 10.5. The summed E-state index contributed by atoms with van der Waals surface area (Å²) in [5, 5.41) is 10.5. The average Bonchev–Trinajstić information content (AvgIpc) is 2.45. The van der Waals surface area contributed by atoms with Gasteiger partial charge in [-0.1, -0.05) is 42.8 Å². The maximum Gasteiger partial charge on any atom is 0.118 e. The minimum atomic E-state index is -0.569. The van der Waals surface area contributed by atoms with Crippen molar-refractivity contribution in [2.75, 3.05) is 7.11 Å². The van der Waals surface area contributed by atoms with Gasteiger partial charge in [0, 0.05) is 0 Å². The van der Waals surface area contributed by atoms with E-state index >= 15 is 0 Å². The van der Waals surface area contributed by atoms with Crippen LogP contribution in [0.15, 0.2) is 48.5 Å². The topological polar surface area (TPSA) is 29.5 Å². The Hall–Kier alpha value is -1.80. The first-order valence-electron chi connectivity index (χ1n) is 7.20. The normalized spacial score (nSPS) is 16.5. The molecule has 2 heteroatoms. The summed E-state index contributed by atoms with van der Waals surface area (Å²) in [6.07, 6.45) is 3.32. The molecule has 1 aliphatic carbocycles. The first-order chi connectivity index (χ1) is 9.78. The number of benzene rings is 2. The van der Waals surface area contributed by atoms with E-state index in [9.17, 15) is 5.11 Å². The van der Waals surface area contributed by atoms with Gasteiger partial charge in [-0.2, -0.15) is 0 Å². The zero-order valence-corrected chi connectivity index (χ0v) is 11.8. The highest BCUT2D eigenvalue weighted by molar-refractivity contribution is 5.36. The van der Waals surface area contributed by atoms with Crippen molar-refractivity contribution in [1.82, 2.24) is 0 Å². The summed E-state index contributed by atoms with van der Waals surface area (Å²) in [7, 11) is 1.65. The predicted octanol–water partition coefficient (Wildman–Crippen LogP) is 4.04. The van der Waals surface area contributed by atoms with E-state index in [0.717, 1.165) is 16.9 Å². The number of aliphatic hydroxyl groups excluding tert-OH is 1. The first kappa shape index (κ1) is 13.2. The van der Waals surface area contributed by atoms with E-state index < -0.39 is 6.10 Å². The molecular formula is C18H20O2. The zero-order valence-electron chi connectivity index (χ0n) is 11.8. The van der Waals surface area contributed by atoms with Crippen LogP contribution in [0, 0.1) is 0 Å². The lowest BCUT2D eigenvalue weighted by atomic mass is 9.79. The SMILES string of the molecule is COc1ccc(C(O)c2cccc(C3CCC3)c2)cc1. The molecule has 0 amide bonds. The number of methoxy groups -OCH3 is 1. The molecule has 1 unspecified atom stereocenters. The average molecular weight is 268 g/mol. The van der Waals surface area contributed by atoms with Crippen LogP contribution in [0.1, 0.15) is 48.0 Å². The van der Waals surface area contributed by atoms with Crippen LogP contribution in [-0.2, 0) is 0 Å². The van der Waals surface area contributed by atoms with Gasteiger partial charge in [0.25, 0.3) is 0 Å². The Morgan fingerprint density at radius 2 is 1.80 bits per heavy atom. The van der Waals surface area contributed by atoms with Crippen molar-refractivity contribution >= 4 is 0 Å². The third-order valence-corrected chi connectivity index (χ3v) is 4.23. The van der Waals surface area contributed by atoms with Gasteiger partial charge >= 0.3 is 0 Å². The molecule has 104 valence electrons. The highest BCUT2D eigenvalue weighted by atomic mass is 16.5. The van der Waals surface area contributed by atoms with Crippen LogP contribution in [0.2, 0.25) is 0 Å². The summed E-state index contributed by atoms with van der Waals surface area (Å²) in [5.41, 5.74) is 3.23. The Balaban J connectivity index is 1.83. The van der Waals surface area contributed by atoms with Gasteiger partial charge in [0.2, 0.25) is 0 Å². The molecule has 0 aliphatic heterocycles. The minimum Gasteiger partial charge on any atom is -0.497 e. The molecule has 1 N–H and O–H groups in total. The Kier molecular flexibility index (Phi) is 3.75. The van der Waals surface area contributed by atoms with Crippen LogP contribution >= 0.6 is 0 Å². The maximum atomic E-state index is 10.5. The largest absolute Gasteiger partial charge is 0.497 e. The highest BCUT2D eigenvalue weighted by Crippen LogP contribution is 2.37. The van der Waals surface area contributed by atoms with Gasteiger partial charge in [0.05, 0.1) is 7.11 Å². The highest BCUT2D eigenvalue weighted by Gasteiger charge is 2.20. The Morgan fingerprint density at radius 3 is 2.40 bits per heavy atom. The van der Waals surface area contributed by atoms with Crippen molar-refractivity contribution in [2.24, 2.45) is 0 Å². The van der Waals surface area contributed by atoms with Crippen LogP contribution in [0.5, 0.6) is 5.75 Å². The van der Waals surface area contributed by atoms with Crippen molar-refractivity contribution in [2.45, 2.75) is 31.3 Å². The van der Waals surface area contributed by atoms with E-state index in [0.29, 0.717) is 5.92 Å². The standard InChI is InChI=1S/C18H20O2/c1-20-17-10-8-14(9-11-17)18(19)16-7-3-6-15(12-16)13-4-2-5-13/h3,6-13,18-19H,2,4-5H2,1H3. The number of aliphatic hydroxyl groups is 1. The number of rotatable bonds is 4. The van der Waals surface area contributed by atoms with Crippen molar-refractivity contribution in [3.05, 3.63) is 65.2 Å². The second-order valence-electron chi connectivity index (χ2n) is 5.47.